The van der Waals surface area contributed by atoms with E-state index in [0.29, 0.717) is 25.2 Å². The number of rotatable bonds is 3. The largest absolute Gasteiger partial charge is 0.352 e. The van der Waals surface area contributed by atoms with E-state index in [0.717, 1.165) is 41.0 Å². The highest BCUT2D eigenvalue weighted by Crippen LogP contribution is 2.41. The summed E-state index contributed by atoms with van der Waals surface area (Å²) in [5.41, 5.74) is 2.82. The van der Waals surface area contributed by atoms with Crippen molar-refractivity contribution in [3.05, 3.63) is 36.4 Å². The molecule has 31 heavy (non-hydrogen) atoms. The monoisotopic (exact) mass is 417 g/mol. The summed E-state index contributed by atoms with van der Waals surface area (Å²) in [6, 6.07) is 7.77. The fourth-order valence-corrected chi connectivity index (χ4v) is 5.00. The highest BCUT2D eigenvalue weighted by Gasteiger charge is 2.51. The summed E-state index contributed by atoms with van der Waals surface area (Å²) in [7, 11) is 0. The summed E-state index contributed by atoms with van der Waals surface area (Å²) < 4.78 is 13.5. The van der Waals surface area contributed by atoms with Crippen LogP contribution < -0.4 is 4.90 Å². The van der Waals surface area contributed by atoms with E-state index in [1.165, 1.54) is 0 Å². The average Bonchev–Trinajstić information content (AvgIpc) is 3.26. The normalized spacial score (nSPS) is 26.8. The van der Waals surface area contributed by atoms with E-state index < -0.39 is 12.1 Å². The van der Waals surface area contributed by atoms with E-state index in [2.05, 4.69) is 24.8 Å². The number of H-pyrrole nitrogens is 1. The Labute approximate surface area is 177 Å². The van der Waals surface area contributed by atoms with Crippen molar-refractivity contribution in [2.24, 2.45) is 5.92 Å². The van der Waals surface area contributed by atoms with Crippen LogP contribution in [-0.4, -0.2) is 62.1 Å². The fourth-order valence-electron chi connectivity index (χ4n) is 5.00. The number of pyridine rings is 1. The van der Waals surface area contributed by atoms with Crippen molar-refractivity contribution in [3.63, 3.8) is 0 Å². The van der Waals surface area contributed by atoms with Gasteiger partial charge in [0.1, 0.15) is 35.7 Å². The van der Waals surface area contributed by atoms with E-state index in [1.54, 1.807) is 18.6 Å². The van der Waals surface area contributed by atoms with Crippen LogP contribution in [0.15, 0.2) is 30.7 Å². The summed E-state index contributed by atoms with van der Waals surface area (Å²) >= 11 is 0. The number of piperazine rings is 1. The van der Waals surface area contributed by atoms with E-state index in [4.69, 9.17) is 5.26 Å². The highest BCUT2D eigenvalue weighted by molar-refractivity contribution is 5.92. The number of carbonyl (C=O) groups excluding carboxylic acids is 1. The fraction of sp³-hybridized carbons (Fsp3) is 0.409. The first-order valence-electron chi connectivity index (χ1n) is 10.5. The van der Waals surface area contributed by atoms with Gasteiger partial charge in [0.25, 0.3) is 0 Å². The van der Waals surface area contributed by atoms with Gasteiger partial charge in [-0.2, -0.15) is 5.26 Å². The molecule has 0 aromatic carbocycles. The zero-order chi connectivity index (χ0) is 21.1. The Morgan fingerprint density at radius 3 is 2.61 bits per heavy atom. The van der Waals surface area contributed by atoms with Crippen molar-refractivity contribution in [1.29, 1.82) is 5.26 Å². The molecule has 3 fully saturated rings. The lowest BCUT2D eigenvalue weighted by molar-refractivity contribution is -0.136. The molecule has 4 atom stereocenters. The lowest BCUT2D eigenvalue weighted by Crippen LogP contribution is -2.56. The third-order valence-corrected chi connectivity index (χ3v) is 6.66. The van der Waals surface area contributed by atoms with Crippen LogP contribution in [0.2, 0.25) is 0 Å². The zero-order valence-corrected chi connectivity index (χ0v) is 16.7. The molecular weight excluding hydrogens is 397 g/mol. The van der Waals surface area contributed by atoms with Crippen molar-refractivity contribution < 1.29 is 9.18 Å². The first kappa shape index (κ1) is 18.2. The number of hydrogen-bond acceptors (Lipinski definition) is 6. The standard InChI is InChI=1S/C22H20FN7O/c23-18-5-16(18)22(31)30-14-3-4-15(30)10-29(9-14)21-17-6-19(28-20(17)26-11-27-21)12-1-2-13(7-24)25-8-12/h1-2,6,8,11,14-16,18H,3-5,9-10H2,(H,26,27,28)/t14?,15?,16?,18-/m1/s1. The molecule has 1 amide bonds. The summed E-state index contributed by atoms with van der Waals surface area (Å²) in [5.74, 6) is 0.409. The number of alkyl halides is 1. The molecule has 6 rings (SSSR count). The van der Waals surface area contributed by atoms with Crippen LogP contribution in [0.25, 0.3) is 22.3 Å². The molecule has 1 N–H and O–H groups in total. The van der Waals surface area contributed by atoms with Crippen molar-refractivity contribution in [2.75, 3.05) is 18.0 Å². The molecule has 9 heteroatoms. The van der Waals surface area contributed by atoms with E-state index in [-0.39, 0.29) is 18.0 Å². The van der Waals surface area contributed by atoms with Gasteiger partial charge in [0.2, 0.25) is 5.91 Å². The van der Waals surface area contributed by atoms with Crippen LogP contribution in [0.5, 0.6) is 0 Å². The number of amides is 1. The van der Waals surface area contributed by atoms with Crippen molar-refractivity contribution in [2.45, 2.75) is 37.5 Å². The number of nitrogens with zero attached hydrogens (tertiary/aromatic N) is 6. The van der Waals surface area contributed by atoms with Gasteiger partial charge in [-0.25, -0.2) is 19.3 Å². The summed E-state index contributed by atoms with van der Waals surface area (Å²) in [6.45, 7) is 1.38. The molecule has 2 aliphatic heterocycles. The maximum Gasteiger partial charge on any atom is 0.229 e. The maximum absolute atomic E-state index is 13.5. The number of halogens is 1. The highest BCUT2D eigenvalue weighted by atomic mass is 19.1. The minimum atomic E-state index is -0.957. The van der Waals surface area contributed by atoms with Gasteiger partial charge in [0, 0.05) is 42.6 Å². The molecule has 0 radical (unpaired) electrons. The number of hydrogen-bond donors (Lipinski definition) is 1. The quantitative estimate of drug-likeness (QED) is 0.702. The van der Waals surface area contributed by atoms with Crippen molar-refractivity contribution in [1.82, 2.24) is 24.8 Å². The smallest absolute Gasteiger partial charge is 0.229 e. The minimum absolute atomic E-state index is 0.00951. The van der Waals surface area contributed by atoms with Crippen LogP contribution in [0, 0.1) is 17.2 Å². The molecule has 3 aliphatic rings. The SMILES string of the molecule is N#Cc1ccc(-c2cc3c(N4CC5CCC(C4)N5C(=O)C4C[C@H]4F)ncnc3[nH]2)cn1. The molecule has 3 aromatic rings. The van der Waals surface area contributed by atoms with Gasteiger partial charge in [-0.05, 0) is 37.5 Å². The van der Waals surface area contributed by atoms with Gasteiger partial charge < -0.3 is 14.8 Å². The predicted molar refractivity (Wildman–Crippen MR) is 111 cm³/mol. The van der Waals surface area contributed by atoms with E-state index in [1.807, 2.05) is 23.1 Å². The van der Waals surface area contributed by atoms with E-state index in [9.17, 15) is 9.18 Å². The Balaban J connectivity index is 1.30. The summed E-state index contributed by atoms with van der Waals surface area (Å²) in [5, 5.41) is 9.86. The van der Waals surface area contributed by atoms with Crippen LogP contribution in [0.4, 0.5) is 10.2 Å². The molecule has 1 saturated carbocycles. The Hall–Kier alpha value is -3.54. The predicted octanol–water partition coefficient (Wildman–Crippen LogP) is 2.43. The average molecular weight is 417 g/mol. The topological polar surface area (TPSA) is 102 Å². The van der Waals surface area contributed by atoms with Crippen LogP contribution in [0.1, 0.15) is 25.0 Å². The molecule has 0 spiro atoms. The van der Waals surface area contributed by atoms with Crippen LogP contribution >= 0.6 is 0 Å². The maximum atomic E-state index is 13.5. The molecule has 3 unspecified atom stereocenters. The Bertz CT molecular complexity index is 1200. The molecule has 1 aliphatic carbocycles. The summed E-state index contributed by atoms with van der Waals surface area (Å²) in [4.78, 5) is 33.3. The second-order valence-electron chi connectivity index (χ2n) is 8.58. The molecule has 3 aromatic heterocycles. The first-order valence-corrected chi connectivity index (χ1v) is 10.5. The number of carbonyl (C=O) groups is 1. The van der Waals surface area contributed by atoms with Crippen LogP contribution in [-0.2, 0) is 4.79 Å². The second kappa shape index (κ2) is 6.74. The van der Waals surface area contributed by atoms with Gasteiger partial charge in [-0.15, -0.1) is 0 Å². The van der Waals surface area contributed by atoms with Crippen molar-refractivity contribution in [3.8, 4) is 17.3 Å². The molecular formula is C22H20FN7O. The first-order chi connectivity index (χ1) is 15.1. The Morgan fingerprint density at radius 2 is 1.97 bits per heavy atom. The zero-order valence-electron chi connectivity index (χ0n) is 16.7. The molecule has 2 bridgehead atoms. The number of aromatic nitrogens is 4. The third kappa shape index (κ3) is 2.93. The molecule has 156 valence electrons. The number of nitrogens with one attached hydrogen (secondary N) is 1. The molecule has 8 nitrogen and oxygen atoms in total. The Morgan fingerprint density at radius 1 is 1.19 bits per heavy atom. The second-order valence-corrected chi connectivity index (χ2v) is 8.58. The van der Waals surface area contributed by atoms with Gasteiger partial charge in [-0.3, -0.25) is 4.79 Å². The van der Waals surface area contributed by atoms with E-state index >= 15 is 0 Å². The number of anilines is 1. The van der Waals surface area contributed by atoms with Gasteiger partial charge in [0.05, 0.1) is 11.3 Å². The number of aromatic amines is 1. The minimum Gasteiger partial charge on any atom is -0.352 e. The Kier molecular flexibility index (Phi) is 3.96. The lowest BCUT2D eigenvalue weighted by Gasteiger charge is -2.41. The number of fused-ring (bicyclic) bond motifs is 3. The van der Waals surface area contributed by atoms with Gasteiger partial charge in [0.15, 0.2) is 0 Å². The molecule has 5 heterocycles. The van der Waals surface area contributed by atoms with Gasteiger partial charge in [-0.1, -0.05) is 0 Å². The third-order valence-electron chi connectivity index (χ3n) is 6.66. The molecule has 2 saturated heterocycles. The summed E-state index contributed by atoms with van der Waals surface area (Å²) in [6.07, 6.45) is 4.52. The van der Waals surface area contributed by atoms with Gasteiger partial charge >= 0.3 is 0 Å². The lowest BCUT2D eigenvalue weighted by atomic mass is 10.1. The van der Waals surface area contributed by atoms with Crippen LogP contribution in [0.3, 0.4) is 0 Å². The van der Waals surface area contributed by atoms with Crippen molar-refractivity contribution >= 4 is 22.8 Å². The number of nitriles is 1.